The zero-order chi connectivity index (χ0) is 85.2. The van der Waals surface area contributed by atoms with Crippen molar-refractivity contribution in [2.45, 2.75) is 117 Å². The minimum absolute atomic E-state index is 0. The number of halogens is 10. The fourth-order valence-electron chi connectivity index (χ4n) is 18.0. The predicted octanol–water partition coefficient (Wildman–Crippen LogP) is 19.8. The number of carbonyl (C=O) groups is 3. The summed E-state index contributed by atoms with van der Waals surface area (Å²) >= 11 is 19.3. The second-order valence-electron chi connectivity index (χ2n) is 33.4. The number of piperazine rings is 3. The van der Waals surface area contributed by atoms with Crippen molar-refractivity contribution in [1.29, 1.82) is 0 Å². The van der Waals surface area contributed by atoms with E-state index in [1.165, 1.54) is 31.1 Å². The monoisotopic (exact) mass is 1750 g/mol. The molecule has 650 valence electrons. The van der Waals surface area contributed by atoms with E-state index in [-0.39, 0.29) is 30.5 Å². The summed E-state index contributed by atoms with van der Waals surface area (Å²) in [5.74, 6) is -2.18. The average molecular weight is 1750 g/mol. The van der Waals surface area contributed by atoms with Crippen LogP contribution in [-0.2, 0) is 0 Å². The Balaban J connectivity index is 0.000000165. The Morgan fingerprint density at radius 1 is 0.355 bits per heavy atom. The van der Waals surface area contributed by atoms with Gasteiger partial charge in [-0.25, -0.2) is 40.7 Å². The van der Waals surface area contributed by atoms with Gasteiger partial charge in [0.05, 0.1) is 36.7 Å². The van der Waals surface area contributed by atoms with E-state index in [0.717, 1.165) is 206 Å². The summed E-state index contributed by atoms with van der Waals surface area (Å²) in [6.45, 7) is 32.8. The molecule has 3 N–H and O–H groups in total. The minimum atomic E-state index is -2.93. The second-order valence-corrected chi connectivity index (χ2v) is 34.7. The highest BCUT2D eigenvalue weighted by Crippen LogP contribution is 2.44. The Hall–Kier alpha value is -9.22. The van der Waals surface area contributed by atoms with Gasteiger partial charge in [-0.1, -0.05) is 131 Å². The molecule has 9 aromatic rings. The summed E-state index contributed by atoms with van der Waals surface area (Å²) in [5.41, 5.74) is 9.64. The summed E-state index contributed by atoms with van der Waals surface area (Å²) < 4.78 is 86.8. The van der Waals surface area contributed by atoms with Crippen LogP contribution < -0.4 is 29.4 Å². The van der Waals surface area contributed by atoms with Crippen LogP contribution in [0, 0.1) is 17.8 Å². The molecule has 6 saturated heterocycles. The lowest BCUT2D eigenvalue weighted by Gasteiger charge is -2.37. The maximum absolute atomic E-state index is 13.9. The Bertz CT molecular complexity index is 4450. The largest absolute Gasteiger partial charge is 0.478 e. The van der Waals surface area contributed by atoms with Crippen molar-refractivity contribution >= 4 is 99.2 Å². The van der Waals surface area contributed by atoms with Crippen LogP contribution in [0.5, 0.6) is 0 Å². The molecule has 3 aromatic heterocycles. The molecule has 6 aromatic carbocycles. The van der Waals surface area contributed by atoms with Gasteiger partial charge in [0, 0.05) is 203 Å². The van der Waals surface area contributed by atoms with E-state index in [0.29, 0.717) is 71.7 Å². The van der Waals surface area contributed by atoms with Gasteiger partial charge in [0.1, 0.15) is 33.8 Å². The molecule has 6 fully saturated rings. The third-order valence-corrected chi connectivity index (χ3v) is 24.3. The van der Waals surface area contributed by atoms with Crippen LogP contribution in [0.1, 0.15) is 166 Å². The number of aromatic nitrogens is 6. The zero-order valence-corrected chi connectivity index (χ0v) is 72.3. The van der Waals surface area contributed by atoms with Gasteiger partial charge in [-0.15, -0.1) is 12.4 Å². The van der Waals surface area contributed by atoms with Crippen LogP contribution in [0.3, 0.4) is 0 Å². The molecule has 0 radical (unpaired) electrons. The summed E-state index contributed by atoms with van der Waals surface area (Å²) in [6, 6.07) is 42.0. The number of anilines is 6. The second kappa shape index (κ2) is 41.3. The number of nitrogens with zero attached hydrogens (tertiary/aromatic N) is 15. The lowest BCUT2D eigenvalue weighted by atomic mass is 9.99. The van der Waals surface area contributed by atoms with Crippen molar-refractivity contribution in [3.63, 3.8) is 0 Å². The topological polar surface area (TPSA) is 195 Å². The highest BCUT2D eigenvalue weighted by atomic mass is 35.5. The first-order valence-corrected chi connectivity index (χ1v) is 42.9. The van der Waals surface area contributed by atoms with Crippen LogP contribution in [0.4, 0.5) is 60.5 Å². The smallest absolute Gasteiger partial charge is 0.339 e. The molecule has 15 rings (SSSR count). The molecule has 0 spiro atoms. The molecule has 21 nitrogen and oxygen atoms in total. The van der Waals surface area contributed by atoms with E-state index < -0.39 is 71.0 Å². The molecule has 9 heterocycles. The minimum Gasteiger partial charge on any atom is -0.478 e. The maximum Gasteiger partial charge on any atom is 0.339 e. The van der Waals surface area contributed by atoms with Gasteiger partial charge < -0.3 is 44.7 Å². The van der Waals surface area contributed by atoms with Crippen LogP contribution in [0.15, 0.2) is 146 Å². The first-order chi connectivity index (χ1) is 57.6. The molecular weight excluding hydrogens is 1640 g/mol. The van der Waals surface area contributed by atoms with Crippen LogP contribution >= 0.6 is 47.2 Å². The molecule has 0 saturated carbocycles. The first-order valence-electron chi connectivity index (χ1n) is 41.8. The number of alkyl halides is 6. The summed E-state index contributed by atoms with van der Waals surface area (Å²) in [7, 11) is 0. The van der Waals surface area contributed by atoms with E-state index in [1.807, 2.05) is 54.6 Å². The molecule has 2 unspecified atom stereocenters. The molecule has 6 aliphatic heterocycles. The van der Waals surface area contributed by atoms with Gasteiger partial charge in [-0.05, 0) is 146 Å². The lowest BCUT2D eigenvalue weighted by molar-refractivity contribution is 0.0672. The first kappa shape index (κ1) is 91.0. The maximum atomic E-state index is 13.9. The molecule has 6 aliphatic rings. The Morgan fingerprint density at radius 2 is 0.595 bits per heavy atom. The standard InChI is InChI=1S/3C30H36ClF2N5O2.ClH/c3*1-20(2)18-35-12-14-36(15-13-35)23-8-5-21(6-9-23)25-10-7-22(31)16-27(25)37-11-3-4-24(19-37)38-28(29(32)33)26(17-34-38)30(39)40;/h3*5-10,16-17,20,24,29H,3-4,11-15,18-19H2,1-2H3,(H,39,40);1H/t24-;;;/m1.../s1. The van der Waals surface area contributed by atoms with Gasteiger partial charge in [0.25, 0.3) is 19.3 Å². The highest BCUT2D eigenvalue weighted by molar-refractivity contribution is 6.31. The van der Waals surface area contributed by atoms with Crippen molar-refractivity contribution in [2.24, 2.45) is 17.8 Å². The molecule has 0 aliphatic carbocycles. The molecular formula is C90H109Cl4F6N15O6. The number of aromatic carboxylic acids is 3. The number of hydrogen-bond acceptors (Lipinski definition) is 15. The van der Waals surface area contributed by atoms with Crippen LogP contribution in [0.25, 0.3) is 33.4 Å². The summed E-state index contributed by atoms with van der Waals surface area (Å²) in [5, 5.41) is 42.1. The van der Waals surface area contributed by atoms with Crippen molar-refractivity contribution in [2.75, 3.05) is 167 Å². The van der Waals surface area contributed by atoms with Gasteiger partial charge in [-0.2, -0.15) is 15.3 Å². The van der Waals surface area contributed by atoms with Crippen molar-refractivity contribution in [3.05, 3.63) is 195 Å². The fraction of sp³-hybridized carbons (Fsp3) is 0.467. The Labute approximate surface area is 725 Å². The number of carboxylic acid groups (broad SMARTS) is 3. The van der Waals surface area contributed by atoms with E-state index >= 15 is 0 Å². The van der Waals surface area contributed by atoms with Gasteiger partial charge in [-0.3, -0.25) is 28.7 Å². The van der Waals surface area contributed by atoms with Crippen molar-refractivity contribution in [3.8, 4) is 33.4 Å². The Morgan fingerprint density at radius 3 is 0.810 bits per heavy atom. The van der Waals surface area contributed by atoms with Crippen LogP contribution in [-0.4, -0.2) is 215 Å². The fourth-order valence-corrected chi connectivity index (χ4v) is 18.5. The van der Waals surface area contributed by atoms with Crippen molar-refractivity contribution in [1.82, 2.24) is 44.0 Å². The van der Waals surface area contributed by atoms with E-state index in [9.17, 15) is 56.0 Å². The highest BCUT2D eigenvalue weighted by Gasteiger charge is 2.36. The number of carboxylic acids is 3. The van der Waals surface area contributed by atoms with E-state index in [4.69, 9.17) is 34.8 Å². The SMILES string of the molecule is CC(C)CN1CCN(c2ccc(-c3ccc(Cl)cc3N3CCCC(n4ncc(C(=O)O)c4C(F)F)C3)cc2)CC1.CC(C)CN1CCN(c2ccc(-c3ccc(Cl)cc3N3CCCC(n4ncc(C(=O)O)c4C(F)F)C3)cc2)CC1.CC(C)CN1CCN(c2ccc(-c3ccc(Cl)cc3N3CCC[C@@H](n4ncc(C(=O)O)c4C(F)F)C3)cc2)CC1.Cl. The summed E-state index contributed by atoms with van der Waals surface area (Å²) in [6.07, 6.45) is -1.55. The quantitative estimate of drug-likeness (QED) is 0.0483. The number of rotatable bonds is 24. The molecule has 0 amide bonds. The number of benzene rings is 6. The number of piperidine rings is 3. The lowest BCUT2D eigenvalue weighted by Crippen LogP contribution is -2.47. The Kier molecular flexibility index (Phi) is 31.1. The predicted molar refractivity (Wildman–Crippen MR) is 472 cm³/mol. The third-order valence-electron chi connectivity index (χ3n) is 23.6. The molecule has 121 heavy (non-hydrogen) atoms. The van der Waals surface area contributed by atoms with Crippen LogP contribution in [0.2, 0.25) is 15.1 Å². The summed E-state index contributed by atoms with van der Waals surface area (Å²) in [4.78, 5) is 55.8. The van der Waals surface area contributed by atoms with E-state index in [2.05, 4.69) is 174 Å². The van der Waals surface area contributed by atoms with Crippen molar-refractivity contribution < 1.29 is 56.0 Å². The third kappa shape index (κ3) is 22.2. The van der Waals surface area contributed by atoms with Gasteiger partial charge in [0.2, 0.25) is 0 Å². The average Bonchev–Trinajstić information content (AvgIpc) is 1.77. The zero-order valence-electron chi connectivity index (χ0n) is 69.2. The molecule has 0 bridgehead atoms. The number of hydrogen-bond donors (Lipinski definition) is 3. The van der Waals surface area contributed by atoms with E-state index in [1.54, 1.807) is 0 Å². The normalized spacial score (nSPS) is 18.5. The van der Waals surface area contributed by atoms with Gasteiger partial charge >= 0.3 is 17.9 Å². The molecule has 31 heteroatoms. The molecule has 3 atom stereocenters. The van der Waals surface area contributed by atoms with Gasteiger partial charge in [0.15, 0.2) is 0 Å².